The van der Waals surface area contributed by atoms with Crippen molar-refractivity contribution in [2.75, 3.05) is 26.1 Å². The Bertz CT molecular complexity index is 877. The molecule has 2 aromatic rings. The van der Waals surface area contributed by atoms with Crippen LogP contribution in [-0.4, -0.2) is 43.4 Å². The molecule has 6 nitrogen and oxygen atoms in total. The van der Waals surface area contributed by atoms with E-state index in [0.717, 1.165) is 24.3 Å². The summed E-state index contributed by atoms with van der Waals surface area (Å²) < 4.78 is 10.8. The number of amides is 1. The molecule has 148 valence electrons. The number of fused-ring (bicyclic) bond motifs is 1. The molecule has 1 unspecified atom stereocenters. The number of carbonyl (C=O) groups excluding carboxylic acids is 2. The van der Waals surface area contributed by atoms with Crippen LogP contribution in [0.15, 0.2) is 36.4 Å². The predicted molar refractivity (Wildman–Crippen MR) is 108 cm³/mol. The normalized spacial score (nSPS) is 14.7. The maximum absolute atomic E-state index is 12.7. The van der Waals surface area contributed by atoms with Gasteiger partial charge in [-0.1, -0.05) is 0 Å². The molecule has 0 bridgehead atoms. The van der Waals surface area contributed by atoms with Gasteiger partial charge in [-0.2, -0.15) is 0 Å². The minimum absolute atomic E-state index is 0.00489. The summed E-state index contributed by atoms with van der Waals surface area (Å²) in [6.45, 7) is 4.90. The standard InChI is InChI=1S/C22H26N2O4/c1-14(22(26)23-19-7-5-16(6-8-19)15(2)25)24-10-9-17-11-20(27-3)21(28-4)12-18(17)13-24/h5-8,11-12,14H,9-10,13H2,1-4H3,(H,23,26). The number of nitrogens with one attached hydrogen (secondary N) is 1. The van der Waals surface area contributed by atoms with Crippen LogP contribution in [0, 0.1) is 0 Å². The van der Waals surface area contributed by atoms with E-state index in [4.69, 9.17) is 9.47 Å². The molecule has 1 amide bonds. The first-order chi connectivity index (χ1) is 13.4. The summed E-state index contributed by atoms with van der Waals surface area (Å²) in [6.07, 6.45) is 0.848. The molecular weight excluding hydrogens is 356 g/mol. The van der Waals surface area contributed by atoms with E-state index in [1.54, 1.807) is 38.5 Å². The number of nitrogens with zero attached hydrogens (tertiary/aromatic N) is 1. The van der Waals surface area contributed by atoms with Crippen molar-refractivity contribution in [1.29, 1.82) is 0 Å². The molecule has 0 saturated carbocycles. The third kappa shape index (κ3) is 4.17. The highest BCUT2D eigenvalue weighted by Crippen LogP contribution is 2.33. The van der Waals surface area contributed by atoms with Crippen molar-refractivity contribution in [2.24, 2.45) is 0 Å². The van der Waals surface area contributed by atoms with Gasteiger partial charge in [-0.15, -0.1) is 0 Å². The van der Waals surface area contributed by atoms with Crippen LogP contribution in [0.2, 0.25) is 0 Å². The summed E-state index contributed by atoms with van der Waals surface area (Å²) in [5, 5.41) is 2.93. The quantitative estimate of drug-likeness (QED) is 0.777. The van der Waals surface area contributed by atoms with E-state index < -0.39 is 0 Å². The van der Waals surface area contributed by atoms with Crippen molar-refractivity contribution in [1.82, 2.24) is 4.90 Å². The maximum Gasteiger partial charge on any atom is 0.241 e. The average Bonchev–Trinajstić information content (AvgIpc) is 2.71. The zero-order valence-electron chi connectivity index (χ0n) is 16.7. The smallest absolute Gasteiger partial charge is 0.241 e. The molecule has 0 radical (unpaired) electrons. The number of hydrogen-bond acceptors (Lipinski definition) is 5. The number of ether oxygens (including phenoxy) is 2. The van der Waals surface area contributed by atoms with Crippen LogP contribution in [0.5, 0.6) is 11.5 Å². The monoisotopic (exact) mass is 382 g/mol. The van der Waals surface area contributed by atoms with Crippen LogP contribution in [0.1, 0.15) is 35.3 Å². The lowest BCUT2D eigenvalue weighted by Crippen LogP contribution is -2.44. The summed E-state index contributed by atoms with van der Waals surface area (Å²) in [5.41, 5.74) is 3.68. The summed E-state index contributed by atoms with van der Waals surface area (Å²) in [4.78, 5) is 26.2. The van der Waals surface area contributed by atoms with Crippen LogP contribution in [0.4, 0.5) is 5.69 Å². The Hall–Kier alpha value is -2.86. The molecule has 0 fully saturated rings. The zero-order valence-corrected chi connectivity index (χ0v) is 16.7. The topological polar surface area (TPSA) is 67.9 Å². The average molecular weight is 382 g/mol. The van der Waals surface area contributed by atoms with Gasteiger partial charge in [0, 0.05) is 24.3 Å². The number of Topliss-reactive ketones (excluding diaryl/α,β-unsaturated/α-hetero) is 1. The van der Waals surface area contributed by atoms with Gasteiger partial charge in [-0.05, 0) is 67.8 Å². The van der Waals surface area contributed by atoms with Crippen LogP contribution in [-0.2, 0) is 17.8 Å². The fourth-order valence-electron chi connectivity index (χ4n) is 3.44. The number of methoxy groups -OCH3 is 2. The van der Waals surface area contributed by atoms with Crippen molar-refractivity contribution < 1.29 is 19.1 Å². The number of rotatable bonds is 6. The second kappa shape index (κ2) is 8.44. The molecule has 1 aliphatic rings. The van der Waals surface area contributed by atoms with Crippen LogP contribution in [0.3, 0.4) is 0 Å². The van der Waals surface area contributed by atoms with Crippen LogP contribution < -0.4 is 14.8 Å². The molecule has 0 aromatic heterocycles. The van der Waals surface area contributed by atoms with Gasteiger partial charge in [-0.25, -0.2) is 0 Å². The molecule has 1 heterocycles. The Morgan fingerprint density at radius 3 is 2.21 bits per heavy atom. The molecule has 1 N–H and O–H groups in total. The van der Waals surface area contributed by atoms with Gasteiger partial charge < -0.3 is 14.8 Å². The summed E-state index contributed by atoms with van der Waals surface area (Å²) in [7, 11) is 3.26. The summed E-state index contributed by atoms with van der Waals surface area (Å²) in [5.74, 6) is 1.37. The Morgan fingerprint density at radius 1 is 1.04 bits per heavy atom. The third-order valence-corrected chi connectivity index (χ3v) is 5.23. The van der Waals surface area contributed by atoms with Gasteiger partial charge in [0.05, 0.1) is 20.3 Å². The first-order valence-corrected chi connectivity index (χ1v) is 9.32. The van der Waals surface area contributed by atoms with E-state index in [0.29, 0.717) is 23.5 Å². The van der Waals surface area contributed by atoms with Crippen molar-refractivity contribution >= 4 is 17.4 Å². The molecule has 0 spiro atoms. The third-order valence-electron chi connectivity index (χ3n) is 5.23. The lowest BCUT2D eigenvalue weighted by Gasteiger charge is -2.33. The maximum atomic E-state index is 12.7. The Balaban J connectivity index is 1.68. The van der Waals surface area contributed by atoms with Crippen molar-refractivity contribution in [3.05, 3.63) is 53.1 Å². The number of hydrogen-bond donors (Lipinski definition) is 1. The van der Waals surface area contributed by atoms with Crippen molar-refractivity contribution in [2.45, 2.75) is 32.9 Å². The van der Waals surface area contributed by atoms with Gasteiger partial charge in [0.2, 0.25) is 5.91 Å². The lowest BCUT2D eigenvalue weighted by molar-refractivity contribution is -0.121. The van der Waals surface area contributed by atoms with E-state index in [1.165, 1.54) is 12.5 Å². The minimum Gasteiger partial charge on any atom is -0.493 e. The second-order valence-electron chi connectivity index (χ2n) is 7.00. The number of ketones is 1. The number of carbonyl (C=O) groups is 2. The van der Waals surface area contributed by atoms with Gasteiger partial charge in [-0.3, -0.25) is 14.5 Å². The highest BCUT2D eigenvalue weighted by Gasteiger charge is 2.26. The minimum atomic E-state index is -0.284. The van der Waals surface area contributed by atoms with Gasteiger partial charge in [0.15, 0.2) is 17.3 Å². The molecule has 0 saturated heterocycles. The van der Waals surface area contributed by atoms with E-state index >= 15 is 0 Å². The van der Waals surface area contributed by atoms with E-state index in [1.807, 2.05) is 19.1 Å². The Morgan fingerprint density at radius 2 is 1.64 bits per heavy atom. The van der Waals surface area contributed by atoms with Crippen molar-refractivity contribution in [3.8, 4) is 11.5 Å². The molecule has 2 aromatic carbocycles. The summed E-state index contributed by atoms with van der Waals surface area (Å²) >= 11 is 0. The fourth-order valence-corrected chi connectivity index (χ4v) is 3.44. The van der Waals surface area contributed by atoms with Crippen LogP contribution >= 0.6 is 0 Å². The molecule has 6 heteroatoms. The molecule has 28 heavy (non-hydrogen) atoms. The van der Waals surface area contributed by atoms with E-state index in [2.05, 4.69) is 10.2 Å². The molecule has 1 aliphatic heterocycles. The first kappa shape index (κ1) is 19.9. The number of benzene rings is 2. The SMILES string of the molecule is COc1cc2c(cc1OC)CN(C(C)C(=O)Nc1ccc(C(C)=O)cc1)CC2. The van der Waals surface area contributed by atoms with Gasteiger partial charge in [0.1, 0.15) is 0 Å². The highest BCUT2D eigenvalue weighted by atomic mass is 16.5. The molecule has 3 rings (SSSR count). The van der Waals surface area contributed by atoms with Gasteiger partial charge >= 0.3 is 0 Å². The lowest BCUT2D eigenvalue weighted by atomic mass is 9.97. The second-order valence-corrected chi connectivity index (χ2v) is 7.00. The van der Waals surface area contributed by atoms with E-state index in [9.17, 15) is 9.59 Å². The molecule has 1 atom stereocenters. The zero-order chi connectivity index (χ0) is 20.3. The van der Waals surface area contributed by atoms with Crippen LogP contribution in [0.25, 0.3) is 0 Å². The Labute approximate surface area is 165 Å². The van der Waals surface area contributed by atoms with E-state index in [-0.39, 0.29) is 17.7 Å². The van der Waals surface area contributed by atoms with Crippen molar-refractivity contribution in [3.63, 3.8) is 0 Å². The Kier molecular flexibility index (Phi) is 5.99. The van der Waals surface area contributed by atoms with Gasteiger partial charge in [0.25, 0.3) is 0 Å². The molecule has 0 aliphatic carbocycles. The molecular formula is C22H26N2O4. The first-order valence-electron chi connectivity index (χ1n) is 9.32. The summed E-state index contributed by atoms with van der Waals surface area (Å²) in [6, 6.07) is 10.7. The largest absolute Gasteiger partial charge is 0.493 e. The predicted octanol–water partition coefficient (Wildman–Crippen LogP) is 3.29. The highest BCUT2D eigenvalue weighted by molar-refractivity contribution is 5.97. The number of anilines is 1. The fraction of sp³-hybridized carbons (Fsp3) is 0.364.